The number of carbonyl (C=O) groups is 3. The third kappa shape index (κ3) is 2.91. The molecule has 0 N–H and O–H groups in total. The fourth-order valence-electron chi connectivity index (χ4n) is 2.05. The average Bonchev–Trinajstić information content (AvgIpc) is 2.68. The van der Waals surface area contributed by atoms with Gasteiger partial charge in [-0.25, -0.2) is 9.59 Å². The number of hydrogen-bond donors (Lipinski definition) is 0. The Morgan fingerprint density at radius 2 is 1.65 bits per heavy atom. The Balaban J connectivity index is 3.26. The monoisotopic (exact) mass is 290 g/mol. The lowest BCUT2D eigenvalue weighted by Gasteiger charge is -2.27. The first-order valence-corrected chi connectivity index (χ1v) is 5.83. The van der Waals surface area contributed by atoms with Gasteiger partial charge < -0.3 is 23.7 Å². The van der Waals surface area contributed by atoms with Gasteiger partial charge in [0.2, 0.25) is 5.60 Å². The van der Waals surface area contributed by atoms with E-state index in [1.165, 1.54) is 13.8 Å². The number of carbonyl (C=O) groups excluding carboxylic acids is 3. The van der Waals surface area contributed by atoms with E-state index in [1.807, 2.05) is 0 Å². The van der Waals surface area contributed by atoms with Gasteiger partial charge in [-0.2, -0.15) is 0 Å². The molecule has 1 aliphatic heterocycles. The van der Waals surface area contributed by atoms with Crippen molar-refractivity contribution in [3.05, 3.63) is 0 Å². The van der Waals surface area contributed by atoms with Crippen LogP contribution in [0.15, 0.2) is 0 Å². The minimum atomic E-state index is -1.93. The predicted octanol–water partition coefficient (Wildman–Crippen LogP) is -0.214. The molecular formula is C12H18O8. The maximum absolute atomic E-state index is 12.1. The van der Waals surface area contributed by atoms with Crippen molar-refractivity contribution in [3.8, 4) is 0 Å². The minimum Gasteiger partial charge on any atom is -0.469 e. The Labute approximate surface area is 116 Å². The number of methoxy groups -OCH3 is 3. The highest BCUT2D eigenvalue weighted by molar-refractivity contribution is 5.93. The lowest BCUT2D eigenvalue weighted by molar-refractivity contribution is -0.192. The molecule has 8 heteroatoms. The molecule has 0 aromatic heterocycles. The van der Waals surface area contributed by atoms with Crippen LogP contribution in [0.4, 0.5) is 0 Å². The molecule has 1 aliphatic rings. The highest BCUT2D eigenvalue weighted by Gasteiger charge is 2.64. The first-order chi connectivity index (χ1) is 9.22. The highest BCUT2D eigenvalue weighted by Crippen LogP contribution is 2.40. The predicted molar refractivity (Wildman–Crippen MR) is 63.4 cm³/mol. The Bertz CT molecular complexity index is 416. The Morgan fingerprint density at radius 3 is 2.10 bits per heavy atom. The van der Waals surface area contributed by atoms with Crippen LogP contribution in [0.2, 0.25) is 0 Å². The van der Waals surface area contributed by atoms with Crippen molar-refractivity contribution in [1.29, 1.82) is 0 Å². The topological polar surface area (TPSA) is 97.4 Å². The quantitative estimate of drug-likeness (QED) is 0.518. The van der Waals surface area contributed by atoms with Crippen LogP contribution in [-0.2, 0) is 38.1 Å². The summed E-state index contributed by atoms with van der Waals surface area (Å²) in [6.45, 7) is 3.01. The summed E-state index contributed by atoms with van der Waals surface area (Å²) in [6.07, 6.45) is -1.95. The highest BCUT2D eigenvalue weighted by atomic mass is 16.8. The SMILES string of the molecule is COC(=O)C[C@]1(C(=O)OC)OC(C)(C)O[C@H]1C(=O)OC. The minimum absolute atomic E-state index is 0.528. The summed E-state index contributed by atoms with van der Waals surface area (Å²) in [4.78, 5) is 35.4. The van der Waals surface area contributed by atoms with Crippen molar-refractivity contribution in [3.63, 3.8) is 0 Å². The molecule has 1 heterocycles. The maximum Gasteiger partial charge on any atom is 0.342 e. The maximum atomic E-state index is 12.1. The van der Waals surface area contributed by atoms with E-state index in [0.717, 1.165) is 21.3 Å². The molecule has 0 saturated carbocycles. The normalized spacial score (nSPS) is 27.8. The number of esters is 3. The Morgan fingerprint density at radius 1 is 1.05 bits per heavy atom. The molecule has 0 aromatic rings. The Hall–Kier alpha value is -1.67. The molecule has 0 aliphatic carbocycles. The Kier molecular flexibility index (Phi) is 4.72. The summed E-state index contributed by atoms with van der Waals surface area (Å²) in [7, 11) is 3.41. The second-order valence-electron chi connectivity index (χ2n) is 4.66. The van der Waals surface area contributed by atoms with Gasteiger partial charge in [0, 0.05) is 0 Å². The molecule has 8 nitrogen and oxygen atoms in total. The standard InChI is InChI=1S/C12H18O8/c1-11(2)19-8(9(14)17-4)12(20-11,10(15)18-5)6-7(13)16-3/h8H,6H2,1-5H3/t8-,12-/m0/s1. The van der Waals surface area contributed by atoms with Gasteiger partial charge in [-0.3, -0.25) is 4.79 Å². The average molecular weight is 290 g/mol. The van der Waals surface area contributed by atoms with Crippen LogP contribution >= 0.6 is 0 Å². The first-order valence-electron chi connectivity index (χ1n) is 5.83. The van der Waals surface area contributed by atoms with E-state index in [-0.39, 0.29) is 0 Å². The lowest BCUT2D eigenvalue weighted by Crippen LogP contribution is -2.53. The second-order valence-corrected chi connectivity index (χ2v) is 4.66. The van der Waals surface area contributed by atoms with Gasteiger partial charge in [-0.1, -0.05) is 0 Å². The van der Waals surface area contributed by atoms with Crippen molar-refractivity contribution in [2.45, 2.75) is 37.8 Å². The van der Waals surface area contributed by atoms with E-state index in [9.17, 15) is 14.4 Å². The molecule has 1 saturated heterocycles. The van der Waals surface area contributed by atoms with E-state index in [2.05, 4.69) is 14.2 Å². The van der Waals surface area contributed by atoms with Gasteiger partial charge in [0.25, 0.3) is 0 Å². The van der Waals surface area contributed by atoms with Crippen molar-refractivity contribution < 1.29 is 38.1 Å². The van der Waals surface area contributed by atoms with Crippen LogP contribution in [0.25, 0.3) is 0 Å². The molecule has 20 heavy (non-hydrogen) atoms. The summed E-state index contributed by atoms with van der Waals surface area (Å²) in [6, 6.07) is 0. The number of ether oxygens (including phenoxy) is 5. The molecule has 0 radical (unpaired) electrons. The van der Waals surface area contributed by atoms with Gasteiger partial charge in [0.05, 0.1) is 27.8 Å². The molecule has 0 bridgehead atoms. The van der Waals surface area contributed by atoms with E-state index < -0.39 is 41.8 Å². The first kappa shape index (κ1) is 16.4. The largest absolute Gasteiger partial charge is 0.469 e. The summed E-state index contributed by atoms with van der Waals surface area (Å²) >= 11 is 0. The third-order valence-electron chi connectivity index (χ3n) is 2.83. The molecule has 0 amide bonds. The van der Waals surface area contributed by atoms with Gasteiger partial charge in [-0.15, -0.1) is 0 Å². The zero-order valence-corrected chi connectivity index (χ0v) is 12.1. The molecule has 0 aromatic carbocycles. The van der Waals surface area contributed by atoms with Crippen LogP contribution < -0.4 is 0 Å². The summed E-state index contributed by atoms with van der Waals surface area (Å²) in [5.41, 5.74) is -1.93. The molecule has 1 rings (SSSR count). The molecule has 2 atom stereocenters. The van der Waals surface area contributed by atoms with Crippen LogP contribution in [-0.4, -0.2) is 56.7 Å². The number of hydrogen-bond acceptors (Lipinski definition) is 8. The zero-order valence-electron chi connectivity index (χ0n) is 12.1. The van der Waals surface area contributed by atoms with Crippen LogP contribution in [0.3, 0.4) is 0 Å². The van der Waals surface area contributed by atoms with Crippen LogP contribution in [0.5, 0.6) is 0 Å². The summed E-state index contributed by atoms with van der Waals surface area (Å²) < 4.78 is 24.6. The van der Waals surface area contributed by atoms with Crippen molar-refractivity contribution in [1.82, 2.24) is 0 Å². The van der Waals surface area contributed by atoms with E-state index in [4.69, 9.17) is 9.47 Å². The second kappa shape index (κ2) is 5.76. The van der Waals surface area contributed by atoms with E-state index in [0.29, 0.717) is 0 Å². The molecule has 0 unspecified atom stereocenters. The van der Waals surface area contributed by atoms with Crippen molar-refractivity contribution in [2.75, 3.05) is 21.3 Å². The molecule has 114 valence electrons. The zero-order chi connectivity index (χ0) is 15.6. The third-order valence-corrected chi connectivity index (χ3v) is 2.83. The lowest BCUT2D eigenvalue weighted by atomic mass is 9.92. The summed E-state index contributed by atoms with van der Waals surface area (Å²) in [5.74, 6) is -3.76. The fourth-order valence-corrected chi connectivity index (χ4v) is 2.05. The fraction of sp³-hybridized carbons (Fsp3) is 0.750. The van der Waals surface area contributed by atoms with Crippen molar-refractivity contribution in [2.24, 2.45) is 0 Å². The van der Waals surface area contributed by atoms with Gasteiger partial charge in [0.15, 0.2) is 11.9 Å². The van der Waals surface area contributed by atoms with E-state index in [1.54, 1.807) is 0 Å². The summed E-state index contributed by atoms with van der Waals surface area (Å²) in [5, 5.41) is 0. The van der Waals surface area contributed by atoms with Gasteiger partial charge in [-0.05, 0) is 13.8 Å². The molecular weight excluding hydrogens is 272 g/mol. The van der Waals surface area contributed by atoms with Gasteiger partial charge >= 0.3 is 17.9 Å². The smallest absolute Gasteiger partial charge is 0.342 e. The van der Waals surface area contributed by atoms with Crippen LogP contribution in [0, 0.1) is 0 Å². The van der Waals surface area contributed by atoms with Crippen molar-refractivity contribution >= 4 is 17.9 Å². The number of rotatable bonds is 4. The van der Waals surface area contributed by atoms with Crippen LogP contribution in [0.1, 0.15) is 20.3 Å². The molecule has 0 spiro atoms. The van der Waals surface area contributed by atoms with Gasteiger partial charge in [0.1, 0.15) is 0 Å². The van der Waals surface area contributed by atoms with E-state index >= 15 is 0 Å². The molecule has 1 fully saturated rings.